The SMILES string of the molecule is Cc1sc2c(c1Cc1ccc(C(=O)O)o1)C(C)(C)CCC2(C)C. The lowest BCUT2D eigenvalue weighted by Crippen LogP contribution is -2.33. The molecule has 0 aliphatic heterocycles. The lowest BCUT2D eigenvalue weighted by Gasteiger charge is -2.40. The first-order chi connectivity index (χ1) is 10.6. The van der Waals surface area contributed by atoms with Gasteiger partial charge in [0.15, 0.2) is 0 Å². The molecular formula is C19H24O3S. The summed E-state index contributed by atoms with van der Waals surface area (Å²) in [5.41, 5.74) is 3.17. The number of hydrogen-bond donors (Lipinski definition) is 1. The van der Waals surface area contributed by atoms with Crippen LogP contribution in [0.3, 0.4) is 0 Å². The van der Waals surface area contributed by atoms with Crippen molar-refractivity contribution in [2.24, 2.45) is 0 Å². The normalized spacial score (nSPS) is 18.7. The van der Waals surface area contributed by atoms with Crippen LogP contribution in [0.25, 0.3) is 0 Å². The maximum absolute atomic E-state index is 11.0. The lowest BCUT2D eigenvalue weighted by atomic mass is 9.65. The van der Waals surface area contributed by atoms with E-state index in [1.54, 1.807) is 12.1 Å². The summed E-state index contributed by atoms with van der Waals surface area (Å²) in [6.07, 6.45) is 3.05. The Morgan fingerprint density at radius 3 is 2.48 bits per heavy atom. The average Bonchev–Trinajstić information content (AvgIpc) is 3.03. The van der Waals surface area contributed by atoms with Gasteiger partial charge in [0.25, 0.3) is 0 Å². The molecule has 1 N–H and O–H groups in total. The topological polar surface area (TPSA) is 50.4 Å². The second-order valence-electron chi connectivity index (χ2n) is 7.86. The van der Waals surface area contributed by atoms with Crippen LogP contribution < -0.4 is 0 Å². The minimum atomic E-state index is -1.01. The zero-order valence-electron chi connectivity index (χ0n) is 14.4. The summed E-state index contributed by atoms with van der Waals surface area (Å²) in [6.45, 7) is 11.5. The van der Waals surface area contributed by atoms with Crippen LogP contribution in [0.2, 0.25) is 0 Å². The van der Waals surface area contributed by atoms with Crippen LogP contribution in [0.5, 0.6) is 0 Å². The molecule has 2 aromatic rings. The Hall–Kier alpha value is -1.55. The molecule has 2 heterocycles. The second kappa shape index (κ2) is 5.23. The second-order valence-corrected chi connectivity index (χ2v) is 9.08. The minimum Gasteiger partial charge on any atom is -0.475 e. The van der Waals surface area contributed by atoms with E-state index in [4.69, 9.17) is 9.52 Å². The summed E-state index contributed by atoms with van der Waals surface area (Å²) in [5, 5.41) is 9.03. The zero-order valence-corrected chi connectivity index (χ0v) is 15.3. The summed E-state index contributed by atoms with van der Waals surface area (Å²) >= 11 is 1.90. The Balaban J connectivity index is 2.06. The number of aromatic carboxylic acids is 1. The first kappa shape index (κ1) is 16.3. The molecule has 0 atom stereocenters. The van der Waals surface area contributed by atoms with Crippen molar-refractivity contribution in [3.63, 3.8) is 0 Å². The smallest absolute Gasteiger partial charge is 0.371 e. The Morgan fingerprint density at radius 2 is 1.87 bits per heavy atom. The number of thiophene rings is 1. The van der Waals surface area contributed by atoms with Crippen LogP contribution in [0, 0.1) is 6.92 Å². The zero-order chi connectivity index (χ0) is 17.0. The molecule has 1 aliphatic rings. The van der Waals surface area contributed by atoms with E-state index in [0.29, 0.717) is 6.42 Å². The number of hydrogen-bond acceptors (Lipinski definition) is 3. The van der Waals surface area contributed by atoms with Crippen LogP contribution in [0.4, 0.5) is 0 Å². The summed E-state index contributed by atoms with van der Waals surface area (Å²) in [4.78, 5) is 13.8. The maximum Gasteiger partial charge on any atom is 0.371 e. The molecule has 0 unspecified atom stereocenters. The third-order valence-corrected chi connectivity index (χ3v) is 6.61. The molecule has 0 saturated carbocycles. The molecule has 1 aliphatic carbocycles. The van der Waals surface area contributed by atoms with Gasteiger partial charge in [-0.15, -0.1) is 11.3 Å². The van der Waals surface area contributed by atoms with E-state index in [0.717, 1.165) is 5.76 Å². The minimum absolute atomic E-state index is 0.0151. The molecule has 3 nitrogen and oxygen atoms in total. The van der Waals surface area contributed by atoms with E-state index in [-0.39, 0.29) is 16.6 Å². The molecule has 0 amide bonds. The van der Waals surface area contributed by atoms with E-state index in [1.165, 1.54) is 33.7 Å². The standard InChI is InChI=1S/C19H24O3S/c1-11-13(10-12-6-7-14(22-12)17(20)21)15-16(23-11)19(4,5)9-8-18(15,2)3/h6-7H,8-10H2,1-5H3,(H,20,21). The van der Waals surface area contributed by atoms with E-state index in [9.17, 15) is 4.79 Å². The largest absolute Gasteiger partial charge is 0.475 e. The van der Waals surface area contributed by atoms with Gasteiger partial charge in [-0.1, -0.05) is 27.7 Å². The van der Waals surface area contributed by atoms with Crippen molar-refractivity contribution in [3.8, 4) is 0 Å². The molecule has 0 saturated heterocycles. The molecule has 124 valence electrons. The summed E-state index contributed by atoms with van der Waals surface area (Å²) < 4.78 is 5.49. The fourth-order valence-electron chi connectivity index (χ4n) is 3.61. The van der Waals surface area contributed by atoms with Gasteiger partial charge in [0.1, 0.15) is 5.76 Å². The molecule has 23 heavy (non-hydrogen) atoms. The third-order valence-electron chi connectivity index (χ3n) is 5.10. The third kappa shape index (κ3) is 2.74. The van der Waals surface area contributed by atoms with Gasteiger partial charge in [0, 0.05) is 16.2 Å². The van der Waals surface area contributed by atoms with Gasteiger partial charge in [-0.2, -0.15) is 0 Å². The highest BCUT2D eigenvalue weighted by atomic mass is 32.1. The quantitative estimate of drug-likeness (QED) is 0.831. The highest BCUT2D eigenvalue weighted by Crippen LogP contribution is 2.51. The number of carboxylic acids is 1. The van der Waals surface area contributed by atoms with Gasteiger partial charge in [-0.05, 0) is 53.9 Å². The van der Waals surface area contributed by atoms with Crippen molar-refractivity contribution >= 4 is 17.3 Å². The number of carboxylic acid groups (broad SMARTS) is 1. The first-order valence-electron chi connectivity index (χ1n) is 8.07. The maximum atomic E-state index is 11.0. The number of rotatable bonds is 3. The molecular weight excluding hydrogens is 308 g/mol. The molecule has 0 aromatic carbocycles. The van der Waals surface area contributed by atoms with E-state index >= 15 is 0 Å². The van der Waals surface area contributed by atoms with Gasteiger partial charge in [-0.3, -0.25) is 0 Å². The number of carbonyl (C=O) groups is 1. The van der Waals surface area contributed by atoms with Crippen LogP contribution in [-0.2, 0) is 17.3 Å². The lowest BCUT2D eigenvalue weighted by molar-refractivity contribution is 0.0660. The molecule has 0 bridgehead atoms. The predicted molar refractivity (Wildman–Crippen MR) is 92.8 cm³/mol. The molecule has 0 fully saturated rings. The number of aryl methyl sites for hydroxylation is 1. The molecule has 3 rings (SSSR count). The highest BCUT2D eigenvalue weighted by molar-refractivity contribution is 7.12. The van der Waals surface area contributed by atoms with Crippen molar-refractivity contribution in [1.29, 1.82) is 0 Å². The van der Waals surface area contributed by atoms with Crippen LogP contribution in [0.15, 0.2) is 16.5 Å². The fraction of sp³-hybridized carbons (Fsp3) is 0.526. The van der Waals surface area contributed by atoms with Gasteiger partial charge < -0.3 is 9.52 Å². The van der Waals surface area contributed by atoms with Gasteiger partial charge >= 0.3 is 5.97 Å². The Morgan fingerprint density at radius 1 is 1.22 bits per heavy atom. The Kier molecular flexibility index (Phi) is 3.71. The molecule has 4 heteroatoms. The van der Waals surface area contributed by atoms with Crippen LogP contribution in [-0.4, -0.2) is 11.1 Å². The van der Waals surface area contributed by atoms with Gasteiger partial charge in [0.05, 0.1) is 0 Å². The molecule has 2 aromatic heterocycles. The average molecular weight is 332 g/mol. The summed E-state index contributed by atoms with van der Waals surface area (Å²) in [6, 6.07) is 3.33. The van der Waals surface area contributed by atoms with Crippen molar-refractivity contribution < 1.29 is 14.3 Å². The fourth-order valence-corrected chi connectivity index (χ4v) is 5.09. The number of furan rings is 1. The number of fused-ring (bicyclic) bond motifs is 1. The highest BCUT2D eigenvalue weighted by Gasteiger charge is 2.41. The summed E-state index contributed by atoms with van der Waals surface area (Å²) in [5.74, 6) is -0.270. The van der Waals surface area contributed by atoms with E-state index in [2.05, 4.69) is 34.6 Å². The van der Waals surface area contributed by atoms with Crippen LogP contribution in [0.1, 0.15) is 77.7 Å². The Bertz CT molecular complexity index is 762. The van der Waals surface area contributed by atoms with Crippen molar-refractivity contribution in [2.45, 2.75) is 64.7 Å². The van der Waals surface area contributed by atoms with Gasteiger partial charge in [-0.25, -0.2) is 4.79 Å². The predicted octanol–water partition coefficient (Wildman–Crippen LogP) is 5.29. The Labute approximate surface area is 141 Å². The molecule has 0 radical (unpaired) electrons. The molecule has 0 spiro atoms. The van der Waals surface area contributed by atoms with Crippen LogP contribution >= 0.6 is 11.3 Å². The first-order valence-corrected chi connectivity index (χ1v) is 8.89. The van der Waals surface area contributed by atoms with E-state index < -0.39 is 5.97 Å². The van der Waals surface area contributed by atoms with Crippen molar-refractivity contribution in [2.75, 3.05) is 0 Å². The monoisotopic (exact) mass is 332 g/mol. The van der Waals surface area contributed by atoms with Crippen molar-refractivity contribution in [3.05, 3.63) is 44.5 Å². The summed E-state index contributed by atoms with van der Waals surface area (Å²) in [7, 11) is 0. The van der Waals surface area contributed by atoms with Gasteiger partial charge in [0.2, 0.25) is 5.76 Å². The van der Waals surface area contributed by atoms with Crippen molar-refractivity contribution in [1.82, 2.24) is 0 Å². The van der Waals surface area contributed by atoms with E-state index in [1.807, 2.05) is 11.3 Å².